The Bertz CT molecular complexity index is 633. The Kier molecular flexibility index (Phi) is 3.80. The number of amides is 1. The van der Waals surface area contributed by atoms with E-state index in [1.54, 1.807) is 0 Å². The Morgan fingerprint density at radius 3 is 2.67 bits per heavy atom. The molecule has 0 N–H and O–H groups in total. The average Bonchev–Trinajstić information content (AvgIpc) is 2.86. The van der Waals surface area contributed by atoms with Crippen LogP contribution in [0.25, 0.3) is 0 Å². The lowest BCUT2D eigenvalue weighted by Gasteiger charge is -2.33. The summed E-state index contributed by atoms with van der Waals surface area (Å²) in [5, 5.41) is 0. The molecular formula is C17H19NO3. The first-order valence-electron chi connectivity index (χ1n) is 7.18. The summed E-state index contributed by atoms with van der Waals surface area (Å²) >= 11 is 0. The highest BCUT2D eigenvalue weighted by atomic mass is 16.5. The molecule has 1 aromatic carbocycles. The summed E-state index contributed by atoms with van der Waals surface area (Å²) < 4.78 is 11.3. The van der Waals surface area contributed by atoms with E-state index < -0.39 is 0 Å². The highest BCUT2D eigenvalue weighted by Gasteiger charge is 2.27. The fourth-order valence-electron chi connectivity index (χ4n) is 2.72. The van der Waals surface area contributed by atoms with Crippen LogP contribution in [-0.2, 0) is 4.74 Å². The number of hydrogen-bond acceptors (Lipinski definition) is 3. The Morgan fingerprint density at radius 2 is 2.00 bits per heavy atom. The molecule has 2 aromatic rings. The maximum Gasteiger partial charge on any atom is 0.257 e. The second-order valence-corrected chi connectivity index (χ2v) is 5.35. The predicted octanol–water partition coefficient (Wildman–Crippen LogP) is 3.11. The van der Waals surface area contributed by atoms with Crippen molar-refractivity contribution in [2.75, 3.05) is 19.7 Å². The molecule has 1 atom stereocenters. The van der Waals surface area contributed by atoms with E-state index in [-0.39, 0.29) is 12.0 Å². The van der Waals surface area contributed by atoms with Crippen LogP contribution in [0.1, 0.15) is 33.5 Å². The zero-order valence-corrected chi connectivity index (χ0v) is 12.3. The lowest BCUT2D eigenvalue weighted by atomic mass is 10.1. The number of morpholine rings is 1. The summed E-state index contributed by atoms with van der Waals surface area (Å²) in [7, 11) is 0. The van der Waals surface area contributed by atoms with Crippen molar-refractivity contribution in [2.45, 2.75) is 20.0 Å². The van der Waals surface area contributed by atoms with E-state index in [9.17, 15) is 4.79 Å². The van der Waals surface area contributed by atoms with Gasteiger partial charge in [-0.15, -0.1) is 0 Å². The number of ether oxygens (including phenoxy) is 1. The van der Waals surface area contributed by atoms with Crippen LogP contribution in [0.3, 0.4) is 0 Å². The SMILES string of the molecule is Cc1cc(C(=O)N2CCO[C@H](c3ccccc3)C2)c(C)o1. The zero-order valence-electron chi connectivity index (χ0n) is 12.3. The van der Waals surface area contributed by atoms with Gasteiger partial charge >= 0.3 is 0 Å². The van der Waals surface area contributed by atoms with Crippen molar-refractivity contribution >= 4 is 5.91 Å². The molecule has 2 heterocycles. The van der Waals surface area contributed by atoms with Crippen LogP contribution in [0.2, 0.25) is 0 Å². The first kappa shape index (κ1) is 13.9. The quantitative estimate of drug-likeness (QED) is 0.851. The first-order chi connectivity index (χ1) is 10.1. The van der Waals surface area contributed by atoms with E-state index >= 15 is 0 Å². The van der Waals surface area contributed by atoms with Crippen LogP contribution >= 0.6 is 0 Å². The van der Waals surface area contributed by atoms with Gasteiger partial charge in [-0.2, -0.15) is 0 Å². The van der Waals surface area contributed by atoms with Gasteiger partial charge in [0.15, 0.2) is 0 Å². The van der Waals surface area contributed by atoms with Gasteiger partial charge < -0.3 is 14.1 Å². The lowest BCUT2D eigenvalue weighted by molar-refractivity contribution is -0.0228. The van der Waals surface area contributed by atoms with Gasteiger partial charge in [-0.3, -0.25) is 4.79 Å². The zero-order chi connectivity index (χ0) is 14.8. The van der Waals surface area contributed by atoms with E-state index in [1.807, 2.05) is 55.1 Å². The second kappa shape index (κ2) is 5.74. The summed E-state index contributed by atoms with van der Waals surface area (Å²) in [4.78, 5) is 14.5. The predicted molar refractivity (Wildman–Crippen MR) is 79.2 cm³/mol. The fraction of sp³-hybridized carbons (Fsp3) is 0.353. The highest BCUT2D eigenvalue weighted by Crippen LogP contribution is 2.24. The Labute approximate surface area is 124 Å². The van der Waals surface area contributed by atoms with Crippen molar-refractivity contribution in [1.29, 1.82) is 0 Å². The molecule has 1 amide bonds. The van der Waals surface area contributed by atoms with Gasteiger partial charge in [-0.25, -0.2) is 0 Å². The van der Waals surface area contributed by atoms with Gasteiger partial charge in [-0.1, -0.05) is 30.3 Å². The van der Waals surface area contributed by atoms with Gasteiger partial charge in [0.2, 0.25) is 0 Å². The fourth-order valence-corrected chi connectivity index (χ4v) is 2.72. The average molecular weight is 285 g/mol. The minimum atomic E-state index is -0.0581. The van der Waals surface area contributed by atoms with Crippen LogP contribution in [-0.4, -0.2) is 30.5 Å². The third-order valence-corrected chi connectivity index (χ3v) is 3.80. The van der Waals surface area contributed by atoms with Crippen molar-refractivity contribution in [1.82, 2.24) is 4.90 Å². The summed E-state index contributed by atoms with van der Waals surface area (Å²) in [6.07, 6.45) is -0.0581. The molecule has 110 valence electrons. The van der Waals surface area contributed by atoms with E-state index in [4.69, 9.17) is 9.15 Å². The van der Waals surface area contributed by atoms with Crippen molar-refractivity contribution in [3.05, 3.63) is 59.0 Å². The maximum atomic E-state index is 12.6. The minimum Gasteiger partial charge on any atom is -0.466 e. The summed E-state index contributed by atoms with van der Waals surface area (Å²) in [5.74, 6) is 1.47. The summed E-state index contributed by atoms with van der Waals surface area (Å²) in [5.41, 5.74) is 1.76. The van der Waals surface area contributed by atoms with Crippen molar-refractivity contribution < 1.29 is 13.9 Å². The third kappa shape index (κ3) is 2.85. The number of furan rings is 1. The highest BCUT2D eigenvalue weighted by molar-refractivity contribution is 5.95. The minimum absolute atomic E-state index is 0.0218. The van der Waals surface area contributed by atoms with Crippen LogP contribution in [0, 0.1) is 13.8 Å². The molecule has 1 fully saturated rings. The number of hydrogen-bond donors (Lipinski definition) is 0. The number of carbonyl (C=O) groups is 1. The van der Waals surface area contributed by atoms with Crippen molar-refractivity contribution in [2.24, 2.45) is 0 Å². The van der Waals surface area contributed by atoms with E-state index in [1.165, 1.54) is 0 Å². The molecule has 0 aliphatic carbocycles. The maximum absolute atomic E-state index is 12.6. The molecule has 1 saturated heterocycles. The summed E-state index contributed by atoms with van der Waals surface area (Å²) in [6, 6.07) is 11.8. The number of rotatable bonds is 2. The van der Waals surface area contributed by atoms with Gasteiger partial charge in [0, 0.05) is 6.54 Å². The van der Waals surface area contributed by atoms with Crippen molar-refractivity contribution in [3.8, 4) is 0 Å². The van der Waals surface area contributed by atoms with Crippen LogP contribution in [0.5, 0.6) is 0 Å². The molecule has 4 heteroatoms. The molecule has 1 aromatic heterocycles. The Morgan fingerprint density at radius 1 is 1.24 bits per heavy atom. The molecule has 0 radical (unpaired) electrons. The van der Waals surface area contributed by atoms with Crippen molar-refractivity contribution in [3.63, 3.8) is 0 Å². The molecule has 0 spiro atoms. The topological polar surface area (TPSA) is 42.7 Å². The summed E-state index contributed by atoms with van der Waals surface area (Å²) in [6.45, 7) is 5.44. The Balaban J connectivity index is 1.77. The number of carbonyl (C=O) groups excluding carboxylic acids is 1. The molecule has 0 bridgehead atoms. The monoisotopic (exact) mass is 285 g/mol. The number of aryl methyl sites for hydroxylation is 2. The normalized spacial score (nSPS) is 18.8. The third-order valence-electron chi connectivity index (χ3n) is 3.80. The molecule has 3 rings (SSSR count). The largest absolute Gasteiger partial charge is 0.466 e. The van der Waals surface area contributed by atoms with Gasteiger partial charge in [0.25, 0.3) is 5.91 Å². The van der Waals surface area contributed by atoms with E-state index in [0.717, 1.165) is 11.3 Å². The Hall–Kier alpha value is -2.07. The van der Waals surface area contributed by atoms with Crippen LogP contribution < -0.4 is 0 Å². The lowest BCUT2D eigenvalue weighted by Crippen LogP contribution is -2.42. The van der Waals surface area contributed by atoms with Crippen LogP contribution in [0.4, 0.5) is 0 Å². The van der Waals surface area contributed by atoms with Gasteiger partial charge in [0.05, 0.1) is 18.7 Å². The molecule has 0 saturated carbocycles. The van der Waals surface area contributed by atoms with Gasteiger partial charge in [0.1, 0.15) is 17.6 Å². The standard InChI is InChI=1S/C17H19NO3/c1-12-10-15(13(2)21-12)17(19)18-8-9-20-16(11-18)14-6-4-3-5-7-14/h3-7,10,16H,8-9,11H2,1-2H3/t16-/m0/s1. The van der Waals surface area contributed by atoms with Crippen LogP contribution in [0.15, 0.2) is 40.8 Å². The number of benzene rings is 1. The number of nitrogens with zero attached hydrogens (tertiary/aromatic N) is 1. The second-order valence-electron chi connectivity index (χ2n) is 5.35. The molecule has 21 heavy (non-hydrogen) atoms. The van der Waals surface area contributed by atoms with E-state index in [0.29, 0.717) is 31.0 Å². The first-order valence-corrected chi connectivity index (χ1v) is 7.18. The molecule has 4 nitrogen and oxygen atoms in total. The van der Waals surface area contributed by atoms with E-state index in [2.05, 4.69) is 0 Å². The smallest absolute Gasteiger partial charge is 0.257 e. The molecule has 1 aliphatic heterocycles. The molecular weight excluding hydrogens is 266 g/mol. The van der Waals surface area contributed by atoms with Gasteiger partial charge in [-0.05, 0) is 25.5 Å². The molecule has 1 aliphatic rings. The molecule has 0 unspecified atom stereocenters.